The van der Waals surface area contributed by atoms with Crippen LogP contribution in [0.3, 0.4) is 0 Å². The van der Waals surface area contributed by atoms with Crippen LogP contribution in [0.5, 0.6) is 5.75 Å². The van der Waals surface area contributed by atoms with Gasteiger partial charge in [0.25, 0.3) is 0 Å². The Morgan fingerprint density at radius 2 is 2.29 bits per heavy atom. The SMILES string of the molecule is COc1ccc2[nH]c(CNC3CC3)c(Br)c2c1. The molecule has 1 aromatic carbocycles. The molecule has 1 fully saturated rings. The maximum absolute atomic E-state index is 5.24. The van der Waals surface area contributed by atoms with Crippen molar-refractivity contribution in [2.24, 2.45) is 0 Å². The summed E-state index contributed by atoms with van der Waals surface area (Å²) in [5.74, 6) is 0.888. The molecule has 0 saturated heterocycles. The maximum atomic E-state index is 5.24. The lowest BCUT2D eigenvalue weighted by Gasteiger charge is -2.00. The number of ether oxygens (including phenoxy) is 1. The molecular formula is C13H15BrN2O. The fourth-order valence-electron chi connectivity index (χ4n) is 1.98. The van der Waals surface area contributed by atoms with Gasteiger partial charge in [0.1, 0.15) is 5.75 Å². The number of fused-ring (bicyclic) bond motifs is 1. The first-order valence-corrected chi connectivity index (χ1v) is 6.64. The van der Waals surface area contributed by atoms with Crippen LogP contribution in [-0.4, -0.2) is 18.1 Å². The van der Waals surface area contributed by atoms with Crippen LogP contribution in [0.25, 0.3) is 10.9 Å². The molecule has 1 aromatic heterocycles. The Labute approximate surface area is 109 Å². The zero-order valence-electron chi connectivity index (χ0n) is 9.72. The van der Waals surface area contributed by atoms with Crippen molar-refractivity contribution in [2.45, 2.75) is 25.4 Å². The molecule has 17 heavy (non-hydrogen) atoms. The Hall–Kier alpha value is -1.00. The molecule has 0 spiro atoms. The van der Waals surface area contributed by atoms with Crippen LogP contribution in [0.1, 0.15) is 18.5 Å². The first kappa shape index (κ1) is 11.1. The lowest BCUT2D eigenvalue weighted by molar-refractivity contribution is 0.415. The van der Waals surface area contributed by atoms with Gasteiger partial charge in [-0.1, -0.05) is 0 Å². The number of H-pyrrole nitrogens is 1. The van der Waals surface area contributed by atoms with E-state index < -0.39 is 0 Å². The van der Waals surface area contributed by atoms with Gasteiger partial charge in [0.2, 0.25) is 0 Å². The third-order valence-electron chi connectivity index (χ3n) is 3.16. The van der Waals surface area contributed by atoms with Crippen molar-refractivity contribution in [1.29, 1.82) is 0 Å². The summed E-state index contributed by atoms with van der Waals surface area (Å²) < 4.78 is 6.38. The predicted molar refractivity (Wildman–Crippen MR) is 72.4 cm³/mol. The van der Waals surface area contributed by atoms with Gasteiger partial charge in [0.05, 0.1) is 7.11 Å². The molecule has 3 nitrogen and oxygen atoms in total. The Morgan fingerprint density at radius 3 is 3.00 bits per heavy atom. The van der Waals surface area contributed by atoms with Crippen LogP contribution >= 0.6 is 15.9 Å². The van der Waals surface area contributed by atoms with Crippen LogP contribution in [0, 0.1) is 0 Å². The highest BCUT2D eigenvalue weighted by Gasteiger charge is 2.21. The molecule has 0 aliphatic heterocycles. The van der Waals surface area contributed by atoms with Crippen molar-refractivity contribution in [1.82, 2.24) is 10.3 Å². The van der Waals surface area contributed by atoms with Gasteiger partial charge in [-0.25, -0.2) is 0 Å². The second-order valence-electron chi connectivity index (χ2n) is 4.48. The fraction of sp³-hybridized carbons (Fsp3) is 0.385. The van der Waals surface area contributed by atoms with E-state index >= 15 is 0 Å². The number of halogens is 1. The van der Waals surface area contributed by atoms with Crippen LogP contribution < -0.4 is 10.1 Å². The molecule has 1 aliphatic rings. The molecule has 1 saturated carbocycles. The van der Waals surface area contributed by atoms with Gasteiger partial charge in [-0.3, -0.25) is 0 Å². The van der Waals surface area contributed by atoms with Crippen LogP contribution in [0.15, 0.2) is 22.7 Å². The van der Waals surface area contributed by atoms with Crippen molar-refractivity contribution in [3.8, 4) is 5.75 Å². The number of aromatic nitrogens is 1. The number of methoxy groups -OCH3 is 1. The van der Waals surface area contributed by atoms with Crippen molar-refractivity contribution >= 4 is 26.8 Å². The second-order valence-corrected chi connectivity index (χ2v) is 5.28. The lowest BCUT2D eigenvalue weighted by atomic mass is 10.2. The number of hydrogen-bond acceptors (Lipinski definition) is 2. The van der Waals surface area contributed by atoms with Crippen molar-refractivity contribution in [2.75, 3.05) is 7.11 Å². The molecular weight excluding hydrogens is 280 g/mol. The van der Waals surface area contributed by atoms with Crippen molar-refractivity contribution in [3.63, 3.8) is 0 Å². The Kier molecular flexibility index (Phi) is 2.84. The minimum Gasteiger partial charge on any atom is -0.497 e. The minimum atomic E-state index is 0.725. The Morgan fingerprint density at radius 1 is 1.47 bits per heavy atom. The summed E-state index contributed by atoms with van der Waals surface area (Å²) in [4.78, 5) is 3.43. The van der Waals surface area contributed by atoms with Crippen LogP contribution in [0.4, 0.5) is 0 Å². The third kappa shape index (κ3) is 2.19. The smallest absolute Gasteiger partial charge is 0.119 e. The third-order valence-corrected chi connectivity index (χ3v) is 4.06. The average Bonchev–Trinajstić information content (AvgIpc) is 3.13. The van der Waals surface area contributed by atoms with Crippen LogP contribution in [-0.2, 0) is 6.54 Å². The molecule has 0 amide bonds. The molecule has 2 aromatic rings. The zero-order chi connectivity index (χ0) is 11.8. The molecule has 0 unspecified atom stereocenters. The highest BCUT2D eigenvalue weighted by Crippen LogP contribution is 2.31. The highest BCUT2D eigenvalue weighted by molar-refractivity contribution is 9.10. The number of rotatable bonds is 4. The van der Waals surface area contributed by atoms with Gasteiger partial charge in [-0.2, -0.15) is 0 Å². The summed E-state index contributed by atoms with van der Waals surface area (Å²) >= 11 is 3.66. The van der Waals surface area contributed by atoms with E-state index in [1.165, 1.54) is 23.9 Å². The zero-order valence-corrected chi connectivity index (χ0v) is 11.3. The fourth-order valence-corrected chi connectivity index (χ4v) is 2.54. The second kappa shape index (κ2) is 4.35. The Balaban J connectivity index is 1.92. The van der Waals surface area contributed by atoms with E-state index in [-0.39, 0.29) is 0 Å². The summed E-state index contributed by atoms with van der Waals surface area (Å²) in [7, 11) is 1.69. The van der Waals surface area contributed by atoms with E-state index in [0.717, 1.165) is 28.3 Å². The number of benzene rings is 1. The van der Waals surface area contributed by atoms with E-state index in [2.05, 4.69) is 38.4 Å². The van der Waals surface area contributed by atoms with Gasteiger partial charge in [0.15, 0.2) is 0 Å². The largest absolute Gasteiger partial charge is 0.497 e. The Bertz CT molecular complexity index is 546. The molecule has 0 bridgehead atoms. The number of nitrogens with one attached hydrogen (secondary N) is 2. The topological polar surface area (TPSA) is 37.0 Å². The number of aromatic amines is 1. The van der Waals surface area contributed by atoms with E-state index in [0.29, 0.717) is 0 Å². The molecule has 3 rings (SSSR count). The van der Waals surface area contributed by atoms with Gasteiger partial charge < -0.3 is 15.0 Å². The van der Waals surface area contributed by atoms with Crippen LogP contribution in [0.2, 0.25) is 0 Å². The first-order valence-electron chi connectivity index (χ1n) is 5.85. The van der Waals surface area contributed by atoms with E-state index in [1.54, 1.807) is 7.11 Å². The standard InChI is InChI=1S/C13H15BrN2O/c1-17-9-4-5-11-10(6-9)13(14)12(16-11)7-15-8-2-3-8/h4-6,8,15-16H,2-3,7H2,1H3. The van der Waals surface area contributed by atoms with Crippen molar-refractivity contribution in [3.05, 3.63) is 28.4 Å². The molecule has 1 heterocycles. The molecule has 90 valence electrons. The summed E-state index contributed by atoms with van der Waals surface area (Å²) in [6.45, 7) is 0.891. The molecule has 4 heteroatoms. The summed E-state index contributed by atoms with van der Waals surface area (Å²) in [5.41, 5.74) is 2.35. The summed E-state index contributed by atoms with van der Waals surface area (Å²) in [6, 6.07) is 6.81. The molecule has 0 radical (unpaired) electrons. The van der Waals surface area contributed by atoms with E-state index in [9.17, 15) is 0 Å². The van der Waals surface area contributed by atoms with Crippen molar-refractivity contribution < 1.29 is 4.74 Å². The highest BCUT2D eigenvalue weighted by atomic mass is 79.9. The quantitative estimate of drug-likeness (QED) is 0.909. The van der Waals surface area contributed by atoms with E-state index in [4.69, 9.17) is 4.74 Å². The summed E-state index contributed by atoms with van der Waals surface area (Å²) in [6.07, 6.45) is 2.62. The van der Waals surface area contributed by atoms with Gasteiger partial charge in [0, 0.05) is 33.7 Å². The molecule has 0 atom stereocenters. The van der Waals surface area contributed by atoms with Gasteiger partial charge in [-0.15, -0.1) is 0 Å². The number of hydrogen-bond donors (Lipinski definition) is 2. The molecule has 1 aliphatic carbocycles. The normalized spacial score (nSPS) is 15.4. The molecule has 2 N–H and O–H groups in total. The maximum Gasteiger partial charge on any atom is 0.119 e. The van der Waals surface area contributed by atoms with E-state index in [1.807, 2.05) is 6.07 Å². The average molecular weight is 295 g/mol. The monoisotopic (exact) mass is 294 g/mol. The van der Waals surface area contributed by atoms with Gasteiger partial charge in [-0.05, 0) is 47.0 Å². The minimum absolute atomic E-state index is 0.725. The summed E-state index contributed by atoms with van der Waals surface area (Å²) in [5, 5.41) is 4.69. The predicted octanol–water partition coefficient (Wildman–Crippen LogP) is 3.19. The van der Waals surface area contributed by atoms with Gasteiger partial charge >= 0.3 is 0 Å². The first-order chi connectivity index (χ1) is 8.28. The lowest BCUT2D eigenvalue weighted by Crippen LogP contribution is -2.15.